The standard InChI is InChI=1S/C20H20F3NO4/c1-27-17-5-3-13(20(21,22)23)11-14(17)12-2-4-18-15(10-12)16(7-9-28-18)24-19(26)6-8-25/h2-5,10-11,16,25H,6-9H2,1H3,(H,24,26). The molecule has 0 spiro atoms. The Morgan fingerprint density at radius 2 is 2.07 bits per heavy atom. The van der Waals surface area contributed by atoms with Crippen LogP contribution in [0, 0.1) is 0 Å². The minimum Gasteiger partial charge on any atom is -0.496 e. The van der Waals surface area contributed by atoms with Gasteiger partial charge in [-0.25, -0.2) is 0 Å². The van der Waals surface area contributed by atoms with Crippen LogP contribution in [-0.4, -0.2) is 31.3 Å². The number of carbonyl (C=O) groups excluding carboxylic acids is 1. The minimum absolute atomic E-state index is 0.0200. The van der Waals surface area contributed by atoms with Crippen molar-refractivity contribution in [3.05, 3.63) is 47.5 Å². The molecular formula is C20H20F3NO4. The van der Waals surface area contributed by atoms with Crippen molar-refractivity contribution in [3.63, 3.8) is 0 Å². The van der Waals surface area contributed by atoms with Crippen molar-refractivity contribution < 1.29 is 32.5 Å². The van der Waals surface area contributed by atoms with Crippen LogP contribution >= 0.6 is 0 Å². The molecule has 0 fully saturated rings. The molecule has 0 bridgehead atoms. The van der Waals surface area contributed by atoms with Crippen LogP contribution in [0.15, 0.2) is 36.4 Å². The number of nitrogens with one attached hydrogen (secondary N) is 1. The lowest BCUT2D eigenvalue weighted by atomic mass is 9.94. The predicted molar refractivity (Wildman–Crippen MR) is 96.1 cm³/mol. The lowest BCUT2D eigenvalue weighted by Crippen LogP contribution is -2.32. The summed E-state index contributed by atoms with van der Waals surface area (Å²) >= 11 is 0. The van der Waals surface area contributed by atoms with E-state index in [1.807, 2.05) is 0 Å². The summed E-state index contributed by atoms with van der Waals surface area (Å²) < 4.78 is 50.3. The second kappa shape index (κ2) is 8.10. The third-order valence-electron chi connectivity index (χ3n) is 4.56. The first kappa shape index (κ1) is 20.0. The molecule has 0 saturated heterocycles. The van der Waals surface area contributed by atoms with E-state index in [-0.39, 0.29) is 25.0 Å². The zero-order chi connectivity index (χ0) is 20.3. The van der Waals surface area contributed by atoms with Crippen molar-refractivity contribution in [1.29, 1.82) is 0 Å². The van der Waals surface area contributed by atoms with E-state index >= 15 is 0 Å². The molecule has 2 aromatic rings. The van der Waals surface area contributed by atoms with Gasteiger partial charge in [0.05, 0.1) is 31.9 Å². The fourth-order valence-corrected chi connectivity index (χ4v) is 3.19. The van der Waals surface area contributed by atoms with Gasteiger partial charge in [0.25, 0.3) is 0 Å². The van der Waals surface area contributed by atoms with Crippen molar-refractivity contribution in [2.45, 2.75) is 25.1 Å². The number of aliphatic hydroxyl groups excluding tert-OH is 1. The molecule has 0 radical (unpaired) electrons. The molecule has 0 aromatic heterocycles. The topological polar surface area (TPSA) is 67.8 Å². The van der Waals surface area contributed by atoms with E-state index in [1.54, 1.807) is 18.2 Å². The van der Waals surface area contributed by atoms with Crippen LogP contribution < -0.4 is 14.8 Å². The highest BCUT2D eigenvalue weighted by atomic mass is 19.4. The number of benzene rings is 2. The molecule has 150 valence electrons. The summed E-state index contributed by atoms with van der Waals surface area (Å²) in [6, 6.07) is 8.00. The molecule has 1 heterocycles. The molecule has 0 saturated carbocycles. The number of carbonyl (C=O) groups is 1. The molecule has 28 heavy (non-hydrogen) atoms. The van der Waals surface area contributed by atoms with Crippen molar-refractivity contribution in [1.82, 2.24) is 5.32 Å². The Hall–Kier alpha value is -2.74. The number of halogens is 3. The number of hydrogen-bond donors (Lipinski definition) is 2. The van der Waals surface area contributed by atoms with E-state index in [0.29, 0.717) is 41.2 Å². The molecule has 5 nitrogen and oxygen atoms in total. The molecule has 3 rings (SSSR count). The van der Waals surface area contributed by atoms with Crippen LogP contribution in [0.2, 0.25) is 0 Å². The van der Waals surface area contributed by atoms with Crippen molar-refractivity contribution >= 4 is 5.91 Å². The second-order valence-electron chi connectivity index (χ2n) is 6.40. The van der Waals surface area contributed by atoms with Gasteiger partial charge in [-0.3, -0.25) is 4.79 Å². The summed E-state index contributed by atoms with van der Waals surface area (Å²) in [5.74, 6) is 0.572. The summed E-state index contributed by atoms with van der Waals surface area (Å²) in [5.41, 5.74) is 0.722. The van der Waals surface area contributed by atoms with E-state index in [9.17, 15) is 18.0 Å². The van der Waals surface area contributed by atoms with Gasteiger partial charge in [0.15, 0.2) is 0 Å². The number of ether oxygens (including phenoxy) is 2. The normalized spacial score (nSPS) is 16.1. The van der Waals surface area contributed by atoms with Gasteiger partial charge < -0.3 is 19.9 Å². The lowest BCUT2D eigenvalue weighted by molar-refractivity contribution is -0.137. The summed E-state index contributed by atoms with van der Waals surface area (Å²) in [4.78, 5) is 11.9. The van der Waals surface area contributed by atoms with Gasteiger partial charge in [0.2, 0.25) is 5.91 Å². The van der Waals surface area contributed by atoms with Crippen LogP contribution in [-0.2, 0) is 11.0 Å². The predicted octanol–water partition coefficient (Wildman–Crippen LogP) is 3.70. The molecule has 1 aliphatic rings. The molecular weight excluding hydrogens is 375 g/mol. The van der Waals surface area contributed by atoms with E-state index < -0.39 is 11.7 Å². The van der Waals surface area contributed by atoms with Gasteiger partial charge >= 0.3 is 6.18 Å². The maximum Gasteiger partial charge on any atom is 0.416 e. The Bertz CT molecular complexity index is 867. The molecule has 1 aliphatic heterocycles. The van der Waals surface area contributed by atoms with Gasteiger partial charge in [0, 0.05) is 24.0 Å². The van der Waals surface area contributed by atoms with Gasteiger partial charge in [0.1, 0.15) is 11.5 Å². The Labute approximate surface area is 160 Å². The summed E-state index contributed by atoms with van der Waals surface area (Å²) in [5, 5.41) is 11.7. The quantitative estimate of drug-likeness (QED) is 0.810. The highest BCUT2D eigenvalue weighted by molar-refractivity contribution is 5.77. The van der Waals surface area contributed by atoms with Crippen molar-refractivity contribution in [2.75, 3.05) is 20.3 Å². The zero-order valence-corrected chi connectivity index (χ0v) is 15.2. The largest absolute Gasteiger partial charge is 0.496 e. The molecule has 1 atom stereocenters. The molecule has 8 heteroatoms. The minimum atomic E-state index is -4.47. The number of amides is 1. The molecule has 2 aromatic carbocycles. The first-order valence-corrected chi connectivity index (χ1v) is 8.76. The fraction of sp³-hybridized carbons (Fsp3) is 0.350. The van der Waals surface area contributed by atoms with Crippen LogP contribution in [0.1, 0.15) is 30.0 Å². The average molecular weight is 395 g/mol. The van der Waals surface area contributed by atoms with E-state index in [1.165, 1.54) is 13.2 Å². The number of aliphatic hydroxyl groups is 1. The molecule has 2 N–H and O–H groups in total. The Kier molecular flexibility index (Phi) is 5.79. The number of alkyl halides is 3. The highest BCUT2D eigenvalue weighted by Gasteiger charge is 2.31. The van der Waals surface area contributed by atoms with E-state index in [4.69, 9.17) is 14.6 Å². The summed E-state index contributed by atoms with van der Waals surface area (Å²) in [6.07, 6.45) is -3.97. The van der Waals surface area contributed by atoms with Crippen LogP contribution in [0.25, 0.3) is 11.1 Å². The number of hydrogen-bond acceptors (Lipinski definition) is 4. The van der Waals surface area contributed by atoms with Crippen LogP contribution in [0.4, 0.5) is 13.2 Å². The first-order chi connectivity index (χ1) is 13.3. The summed E-state index contributed by atoms with van der Waals surface area (Å²) in [7, 11) is 1.39. The number of fused-ring (bicyclic) bond motifs is 1. The van der Waals surface area contributed by atoms with E-state index in [2.05, 4.69) is 5.32 Å². The van der Waals surface area contributed by atoms with Crippen molar-refractivity contribution in [3.8, 4) is 22.6 Å². The SMILES string of the molecule is COc1ccc(C(F)(F)F)cc1-c1ccc2c(c1)C(NC(=O)CCO)CCO2. The van der Waals surface area contributed by atoms with Crippen LogP contribution in [0.3, 0.4) is 0 Å². The number of methoxy groups -OCH3 is 1. The third kappa shape index (κ3) is 4.22. The second-order valence-corrected chi connectivity index (χ2v) is 6.40. The zero-order valence-electron chi connectivity index (χ0n) is 15.2. The lowest BCUT2D eigenvalue weighted by Gasteiger charge is -2.27. The maximum absolute atomic E-state index is 13.1. The van der Waals surface area contributed by atoms with Gasteiger partial charge in [-0.2, -0.15) is 13.2 Å². The van der Waals surface area contributed by atoms with Gasteiger partial charge in [-0.1, -0.05) is 6.07 Å². The molecule has 1 amide bonds. The first-order valence-electron chi connectivity index (χ1n) is 8.76. The Balaban J connectivity index is 2.02. The Morgan fingerprint density at radius 3 is 2.75 bits per heavy atom. The molecule has 1 unspecified atom stereocenters. The van der Waals surface area contributed by atoms with Gasteiger partial charge in [-0.05, 0) is 35.9 Å². The fourth-order valence-electron chi connectivity index (χ4n) is 3.19. The maximum atomic E-state index is 13.1. The van der Waals surface area contributed by atoms with Gasteiger partial charge in [-0.15, -0.1) is 0 Å². The Morgan fingerprint density at radius 1 is 1.29 bits per heavy atom. The number of rotatable bonds is 5. The van der Waals surface area contributed by atoms with Crippen molar-refractivity contribution in [2.24, 2.45) is 0 Å². The monoisotopic (exact) mass is 395 g/mol. The van der Waals surface area contributed by atoms with E-state index in [0.717, 1.165) is 12.1 Å². The van der Waals surface area contributed by atoms with Crippen LogP contribution in [0.5, 0.6) is 11.5 Å². The molecule has 0 aliphatic carbocycles. The smallest absolute Gasteiger partial charge is 0.416 e. The summed E-state index contributed by atoms with van der Waals surface area (Å²) in [6.45, 7) is 0.146. The average Bonchev–Trinajstić information content (AvgIpc) is 2.67. The third-order valence-corrected chi connectivity index (χ3v) is 4.56. The highest BCUT2D eigenvalue weighted by Crippen LogP contribution is 2.40.